The van der Waals surface area contributed by atoms with Gasteiger partial charge >= 0.3 is 0 Å². The smallest absolute Gasteiger partial charge is 0.271 e. The predicted molar refractivity (Wildman–Crippen MR) is 65.2 cm³/mol. The third-order valence-corrected chi connectivity index (χ3v) is 1.86. The summed E-state index contributed by atoms with van der Waals surface area (Å²) in [6.45, 7) is 6.84. The first-order chi connectivity index (χ1) is 7.84. The molecule has 0 bridgehead atoms. The molecule has 4 heteroatoms. The molecule has 0 saturated carbocycles. The standard InChI is InChI=1S/C10H15N3O.C2H6/c1-2-3-4-5-13-10(14)9-8-11-6-7-12-9;1-2/h6-8H,2-5H2,1H3,(H,13,14);1-2H3. The number of aromatic nitrogens is 2. The summed E-state index contributed by atoms with van der Waals surface area (Å²) in [7, 11) is 0. The summed E-state index contributed by atoms with van der Waals surface area (Å²) in [5, 5.41) is 2.79. The number of amides is 1. The average molecular weight is 223 g/mol. The number of rotatable bonds is 5. The summed E-state index contributed by atoms with van der Waals surface area (Å²) in [6, 6.07) is 0. The summed E-state index contributed by atoms with van der Waals surface area (Å²) in [4.78, 5) is 19.1. The van der Waals surface area contributed by atoms with E-state index in [1.54, 1.807) is 6.20 Å². The zero-order chi connectivity index (χ0) is 12.2. The molecule has 0 aliphatic rings. The highest BCUT2D eigenvalue weighted by molar-refractivity contribution is 5.91. The fraction of sp³-hybridized carbons (Fsp3) is 0.583. The molecule has 0 aliphatic carbocycles. The maximum Gasteiger partial charge on any atom is 0.271 e. The zero-order valence-electron chi connectivity index (χ0n) is 10.4. The molecular formula is C12H21N3O. The zero-order valence-corrected chi connectivity index (χ0v) is 10.4. The largest absolute Gasteiger partial charge is 0.351 e. The second-order valence-corrected chi connectivity index (χ2v) is 3.05. The molecule has 1 aromatic rings. The van der Waals surface area contributed by atoms with E-state index in [9.17, 15) is 4.79 Å². The molecule has 1 aromatic heterocycles. The van der Waals surface area contributed by atoms with Crippen LogP contribution in [0.3, 0.4) is 0 Å². The van der Waals surface area contributed by atoms with E-state index in [0.29, 0.717) is 12.2 Å². The van der Waals surface area contributed by atoms with Gasteiger partial charge in [-0.15, -0.1) is 0 Å². The Morgan fingerprint density at radius 2 is 2.06 bits per heavy atom. The van der Waals surface area contributed by atoms with Crippen molar-refractivity contribution in [3.05, 3.63) is 24.3 Å². The molecule has 0 spiro atoms. The van der Waals surface area contributed by atoms with Gasteiger partial charge in [0.2, 0.25) is 0 Å². The number of hydrogen-bond donors (Lipinski definition) is 1. The van der Waals surface area contributed by atoms with Crippen LogP contribution >= 0.6 is 0 Å². The molecular weight excluding hydrogens is 202 g/mol. The SMILES string of the molecule is CC.CCCCCNC(=O)c1cnccn1. The molecule has 0 fully saturated rings. The first-order valence-electron chi connectivity index (χ1n) is 5.88. The Morgan fingerprint density at radius 1 is 1.31 bits per heavy atom. The minimum absolute atomic E-state index is 0.144. The van der Waals surface area contributed by atoms with Crippen molar-refractivity contribution in [3.63, 3.8) is 0 Å². The van der Waals surface area contributed by atoms with Gasteiger partial charge in [-0.05, 0) is 6.42 Å². The molecule has 1 N–H and O–H groups in total. The summed E-state index contributed by atoms with van der Waals surface area (Å²) >= 11 is 0. The fourth-order valence-corrected chi connectivity index (χ4v) is 1.08. The van der Waals surface area contributed by atoms with Gasteiger partial charge < -0.3 is 5.32 Å². The topological polar surface area (TPSA) is 54.9 Å². The molecule has 4 nitrogen and oxygen atoms in total. The maximum atomic E-state index is 11.4. The van der Waals surface area contributed by atoms with Crippen LogP contribution in [0.5, 0.6) is 0 Å². The van der Waals surface area contributed by atoms with Crippen molar-refractivity contribution < 1.29 is 4.79 Å². The highest BCUT2D eigenvalue weighted by Crippen LogP contribution is 1.93. The lowest BCUT2D eigenvalue weighted by Gasteiger charge is -2.02. The number of carbonyl (C=O) groups is 1. The van der Waals surface area contributed by atoms with Crippen molar-refractivity contribution in [3.8, 4) is 0 Å². The van der Waals surface area contributed by atoms with E-state index in [1.807, 2.05) is 13.8 Å². The highest BCUT2D eigenvalue weighted by atomic mass is 16.1. The molecule has 0 unspecified atom stereocenters. The van der Waals surface area contributed by atoms with Crippen LogP contribution in [0, 0.1) is 0 Å². The summed E-state index contributed by atoms with van der Waals surface area (Å²) in [5.41, 5.74) is 0.379. The first-order valence-corrected chi connectivity index (χ1v) is 5.88. The summed E-state index contributed by atoms with van der Waals surface area (Å²) in [6.07, 6.45) is 7.84. The van der Waals surface area contributed by atoms with Gasteiger partial charge in [0.05, 0.1) is 6.20 Å². The third kappa shape index (κ3) is 6.11. The monoisotopic (exact) mass is 223 g/mol. The van der Waals surface area contributed by atoms with Crippen molar-refractivity contribution in [2.45, 2.75) is 40.0 Å². The molecule has 90 valence electrons. The number of unbranched alkanes of at least 4 members (excludes halogenated alkanes) is 2. The van der Waals surface area contributed by atoms with Gasteiger partial charge in [-0.3, -0.25) is 9.78 Å². The van der Waals surface area contributed by atoms with Gasteiger partial charge in [0, 0.05) is 18.9 Å². The molecule has 0 radical (unpaired) electrons. The van der Waals surface area contributed by atoms with E-state index in [1.165, 1.54) is 12.4 Å². The molecule has 16 heavy (non-hydrogen) atoms. The molecule has 1 rings (SSSR count). The summed E-state index contributed by atoms with van der Waals surface area (Å²) in [5.74, 6) is -0.144. The van der Waals surface area contributed by atoms with Crippen molar-refractivity contribution >= 4 is 5.91 Å². The molecule has 0 aromatic carbocycles. The number of nitrogens with one attached hydrogen (secondary N) is 1. The van der Waals surface area contributed by atoms with Crippen LogP contribution in [0.15, 0.2) is 18.6 Å². The third-order valence-electron chi connectivity index (χ3n) is 1.86. The lowest BCUT2D eigenvalue weighted by Crippen LogP contribution is -2.25. The van der Waals surface area contributed by atoms with Crippen LogP contribution in [0.25, 0.3) is 0 Å². The van der Waals surface area contributed by atoms with Crippen LogP contribution in [0.4, 0.5) is 0 Å². The van der Waals surface area contributed by atoms with Crippen molar-refractivity contribution in [2.75, 3.05) is 6.54 Å². The normalized spacial score (nSPS) is 8.94. The number of hydrogen-bond acceptors (Lipinski definition) is 3. The first kappa shape index (κ1) is 14.6. The van der Waals surface area contributed by atoms with E-state index in [-0.39, 0.29) is 5.91 Å². The molecule has 1 heterocycles. The Bertz CT molecular complexity index is 275. The Kier molecular flexibility index (Phi) is 9.17. The average Bonchev–Trinajstić information content (AvgIpc) is 2.38. The number of nitrogens with zero attached hydrogens (tertiary/aromatic N) is 2. The van der Waals surface area contributed by atoms with Crippen molar-refractivity contribution in [2.24, 2.45) is 0 Å². The minimum atomic E-state index is -0.144. The van der Waals surface area contributed by atoms with E-state index >= 15 is 0 Å². The second kappa shape index (κ2) is 10.1. The van der Waals surface area contributed by atoms with Crippen LogP contribution in [0.2, 0.25) is 0 Å². The molecule has 0 aliphatic heterocycles. The molecule has 0 atom stereocenters. The Labute approximate surface area is 97.5 Å². The fourth-order valence-electron chi connectivity index (χ4n) is 1.08. The van der Waals surface area contributed by atoms with Crippen molar-refractivity contribution in [1.29, 1.82) is 0 Å². The maximum absolute atomic E-state index is 11.4. The molecule has 1 amide bonds. The Morgan fingerprint density at radius 3 is 2.62 bits per heavy atom. The predicted octanol–water partition coefficient (Wildman–Crippen LogP) is 2.42. The van der Waals surface area contributed by atoms with Crippen LogP contribution in [-0.4, -0.2) is 22.4 Å². The Hall–Kier alpha value is -1.45. The van der Waals surface area contributed by atoms with Crippen LogP contribution in [-0.2, 0) is 0 Å². The lowest BCUT2D eigenvalue weighted by molar-refractivity contribution is 0.0947. The lowest BCUT2D eigenvalue weighted by atomic mass is 10.2. The number of carbonyl (C=O) groups excluding carboxylic acids is 1. The van der Waals surface area contributed by atoms with E-state index in [2.05, 4.69) is 22.2 Å². The van der Waals surface area contributed by atoms with E-state index < -0.39 is 0 Å². The van der Waals surface area contributed by atoms with Gasteiger partial charge in [-0.25, -0.2) is 4.98 Å². The van der Waals surface area contributed by atoms with Gasteiger partial charge in [0.25, 0.3) is 5.91 Å². The van der Waals surface area contributed by atoms with Crippen LogP contribution in [0.1, 0.15) is 50.5 Å². The highest BCUT2D eigenvalue weighted by Gasteiger charge is 2.04. The quantitative estimate of drug-likeness (QED) is 0.780. The van der Waals surface area contributed by atoms with E-state index in [0.717, 1.165) is 19.3 Å². The second-order valence-electron chi connectivity index (χ2n) is 3.05. The van der Waals surface area contributed by atoms with Gasteiger partial charge in [0.15, 0.2) is 0 Å². The Balaban J connectivity index is 0.00000106. The van der Waals surface area contributed by atoms with E-state index in [4.69, 9.17) is 0 Å². The molecule has 0 saturated heterocycles. The van der Waals surface area contributed by atoms with Crippen molar-refractivity contribution in [1.82, 2.24) is 15.3 Å². The van der Waals surface area contributed by atoms with Gasteiger partial charge in [-0.2, -0.15) is 0 Å². The summed E-state index contributed by atoms with van der Waals surface area (Å²) < 4.78 is 0. The van der Waals surface area contributed by atoms with Gasteiger partial charge in [0.1, 0.15) is 5.69 Å². The van der Waals surface area contributed by atoms with Gasteiger partial charge in [-0.1, -0.05) is 33.6 Å². The van der Waals surface area contributed by atoms with Crippen LogP contribution < -0.4 is 5.32 Å². The minimum Gasteiger partial charge on any atom is -0.351 e.